The van der Waals surface area contributed by atoms with Crippen LogP contribution in [0.2, 0.25) is 5.02 Å². The molecular weight excluding hydrogens is 326 g/mol. The molecule has 0 saturated carbocycles. The lowest BCUT2D eigenvalue weighted by atomic mass is 10.0. The maximum absolute atomic E-state index is 12.3. The Bertz CT molecular complexity index is 974. The molecule has 0 N–H and O–H groups in total. The lowest BCUT2D eigenvalue weighted by Gasteiger charge is -2.02. The molecule has 3 aromatic carbocycles. The summed E-state index contributed by atoms with van der Waals surface area (Å²) in [6.07, 6.45) is 3.12. The van der Waals surface area contributed by atoms with Crippen LogP contribution in [0.15, 0.2) is 66.7 Å². The van der Waals surface area contributed by atoms with Crippen molar-refractivity contribution >= 4 is 39.9 Å². The number of nitro benzene ring substituents is 1. The van der Waals surface area contributed by atoms with E-state index in [9.17, 15) is 14.9 Å². The van der Waals surface area contributed by atoms with Gasteiger partial charge in [-0.2, -0.15) is 0 Å². The van der Waals surface area contributed by atoms with Crippen molar-refractivity contribution in [3.8, 4) is 0 Å². The molecule has 0 bridgehead atoms. The van der Waals surface area contributed by atoms with Crippen LogP contribution in [0.1, 0.15) is 15.9 Å². The number of benzene rings is 3. The molecule has 0 aliphatic heterocycles. The van der Waals surface area contributed by atoms with Gasteiger partial charge < -0.3 is 0 Å². The topological polar surface area (TPSA) is 60.2 Å². The Hall–Kier alpha value is -2.98. The minimum absolute atomic E-state index is 0.00887. The van der Waals surface area contributed by atoms with E-state index in [4.69, 9.17) is 11.6 Å². The van der Waals surface area contributed by atoms with Crippen molar-refractivity contribution in [2.24, 2.45) is 0 Å². The highest BCUT2D eigenvalue weighted by atomic mass is 35.5. The summed E-state index contributed by atoms with van der Waals surface area (Å²) in [5, 5.41) is 13.0. The summed E-state index contributed by atoms with van der Waals surface area (Å²) < 4.78 is 0. The van der Waals surface area contributed by atoms with Crippen LogP contribution in [-0.2, 0) is 0 Å². The van der Waals surface area contributed by atoms with Gasteiger partial charge in [0.1, 0.15) is 5.02 Å². The molecular formula is C19H12ClNO3. The molecule has 5 heteroatoms. The highest BCUT2D eigenvalue weighted by molar-refractivity contribution is 6.32. The van der Waals surface area contributed by atoms with Crippen LogP contribution >= 0.6 is 11.6 Å². The predicted molar refractivity (Wildman–Crippen MR) is 95.4 cm³/mol. The molecule has 0 aliphatic rings. The first-order chi connectivity index (χ1) is 11.6. The summed E-state index contributed by atoms with van der Waals surface area (Å²) in [5.41, 5.74) is 0.855. The van der Waals surface area contributed by atoms with E-state index < -0.39 is 4.92 Å². The minimum Gasteiger partial charge on any atom is -0.289 e. The molecule has 4 nitrogen and oxygen atoms in total. The highest BCUT2D eigenvalue weighted by Crippen LogP contribution is 2.26. The first-order valence-electron chi connectivity index (χ1n) is 7.20. The number of halogens is 1. The number of hydrogen-bond acceptors (Lipinski definition) is 3. The second-order valence-electron chi connectivity index (χ2n) is 5.19. The Morgan fingerprint density at radius 3 is 2.58 bits per heavy atom. The molecule has 0 heterocycles. The van der Waals surface area contributed by atoms with Gasteiger partial charge in [0, 0.05) is 11.6 Å². The van der Waals surface area contributed by atoms with Crippen molar-refractivity contribution in [2.45, 2.75) is 0 Å². The summed E-state index contributed by atoms with van der Waals surface area (Å²) >= 11 is 5.76. The van der Waals surface area contributed by atoms with Crippen LogP contribution in [0, 0.1) is 10.1 Å². The third kappa shape index (κ3) is 3.19. The lowest BCUT2D eigenvalue weighted by Crippen LogP contribution is -1.97. The average Bonchev–Trinajstić information content (AvgIpc) is 2.59. The lowest BCUT2D eigenvalue weighted by molar-refractivity contribution is -0.384. The average molecular weight is 338 g/mol. The Morgan fingerprint density at radius 2 is 1.79 bits per heavy atom. The zero-order chi connectivity index (χ0) is 17.1. The van der Waals surface area contributed by atoms with Crippen LogP contribution in [0.3, 0.4) is 0 Å². The number of carbonyl (C=O) groups is 1. The van der Waals surface area contributed by atoms with E-state index in [1.165, 1.54) is 24.3 Å². The molecule has 0 radical (unpaired) electrons. The fraction of sp³-hybridized carbons (Fsp3) is 0. The summed E-state index contributed by atoms with van der Waals surface area (Å²) in [5.74, 6) is -0.317. The van der Waals surface area contributed by atoms with E-state index in [0.717, 1.165) is 16.3 Å². The van der Waals surface area contributed by atoms with Crippen molar-refractivity contribution in [3.63, 3.8) is 0 Å². The molecule has 0 saturated heterocycles. The zero-order valence-corrected chi connectivity index (χ0v) is 13.2. The van der Waals surface area contributed by atoms with Gasteiger partial charge in [-0.1, -0.05) is 60.1 Å². The summed E-state index contributed by atoms with van der Waals surface area (Å²) in [7, 11) is 0. The first-order valence-corrected chi connectivity index (χ1v) is 7.58. The normalized spacial score (nSPS) is 11.0. The van der Waals surface area contributed by atoms with E-state index in [0.29, 0.717) is 0 Å². The largest absolute Gasteiger partial charge is 0.289 e. The quantitative estimate of drug-likeness (QED) is 0.281. The SMILES string of the molecule is O=C(C=Cc1cccc2ccccc12)c1ccc(Cl)c([N+](=O)[O-])c1. The van der Waals surface area contributed by atoms with Gasteiger partial charge in [-0.15, -0.1) is 0 Å². The molecule has 24 heavy (non-hydrogen) atoms. The van der Waals surface area contributed by atoms with Crippen molar-refractivity contribution in [1.29, 1.82) is 0 Å². The molecule has 0 amide bonds. The van der Waals surface area contributed by atoms with Gasteiger partial charge in [-0.3, -0.25) is 14.9 Å². The minimum atomic E-state index is -0.604. The molecule has 0 aliphatic carbocycles. The van der Waals surface area contributed by atoms with E-state index >= 15 is 0 Å². The Labute approximate surface area is 143 Å². The van der Waals surface area contributed by atoms with Gasteiger partial charge in [0.2, 0.25) is 0 Å². The molecule has 0 spiro atoms. The van der Waals surface area contributed by atoms with Gasteiger partial charge in [-0.05, 0) is 34.5 Å². The van der Waals surface area contributed by atoms with Crippen LogP contribution in [0.25, 0.3) is 16.8 Å². The Kier molecular flexibility index (Phi) is 4.40. The zero-order valence-electron chi connectivity index (χ0n) is 12.5. The van der Waals surface area contributed by atoms with Crippen molar-refractivity contribution in [1.82, 2.24) is 0 Å². The summed E-state index contributed by atoms with van der Waals surface area (Å²) in [4.78, 5) is 22.6. The highest BCUT2D eigenvalue weighted by Gasteiger charge is 2.15. The van der Waals surface area contributed by atoms with E-state index in [1.807, 2.05) is 42.5 Å². The standard InChI is InChI=1S/C19H12ClNO3/c20-17-10-8-15(12-18(17)21(23)24)19(22)11-9-14-6-3-5-13-4-1-2-7-16(13)14/h1-12H. The van der Waals surface area contributed by atoms with Crippen LogP contribution < -0.4 is 0 Å². The molecule has 0 atom stereocenters. The van der Waals surface area contributed by atoms with Crippen molar-refractivity contribution < 1.29 is 9.72 Å². The number of hydrogen-bond donors (Lipinski definition) is 0. The summed E-state index contributed by atoms with van der Waals surface area (Å²) in [6.45, 7) is 0. The van der Waals surface area contributed by atoms with Crippen molar-refractivity contribution in [2.75, 3.05) is 0 Å². The first kappa shape index (κ1) is 15.9. The van der Waals surface area contributed by atoms with Crippen LogP contribution in [0.5, 0.6) is 0 Å². The Balaban J connectivity index is 1.93. The molecule has 3 rings (SSSR count). The second-order valence-corrected chi connectivity index (χ2v) is 5.60. The second kappa shape index (κ2) is 6.64. The number of rotatable bonds is 4. The fourth-order valence-corrected chi connectivity index (χ4v) is 2.65. The van der Waals surface area contributed by atoms with Crippen LogP contribution in [0.4, 0.5) is 5.69 Å². The van der Waals surface area contributed by atoms with E-state index in [2.05, 4.69) is 0 Å². The number of fused-ring (bicyclic) bond motifs is 1. The van der Waals surface area contributed by atoms with Gasteiger partial charge in [0.05, 0.1) is 4.92 Å². The van der Waals surface area contributed by atoms with Gasteiger partial charge >= 0.3 is 0 Å². The van der Waals surface area contributed by atoms with Crippen LogP contribution in [-0.4, -0.2) is 10.7 Å². The molecule has 0 fully saturated rings. The third-order valence-corrected chi connectivity index (χ3v) is 3.98. The number of allylic oxidation sites excluding steroid dienone is 1. The summed E-state index contributed by atoms with van der Waals surface area (Å²) in [6, 6.07) is 17.7. The molecule has 3 aromatic rings. The number of carbonyl (C=O) groups excluding carboxylic acids is 1. The van der Waals surface area contributed by atoms with Crippen molar-refractivity contribution in [3.05, 3.63) is 93.0 Å². The Morgan fingerprint density at radius 1 is 1.04 bits per heavy atom. The number of nitro groups is 1. The third-order valence-electron chi connectivity index (χ3n) is 3.66. The predicted octanol–water partition coefficient (Wildman–Crippen LogP) is 5.30. The maximum Gasteiger partial charge on any atom is 0.288 e. The van der Waals surface area contributed by atoms with Gasteiger partial charge in [-0.25, -0.2) is 0 Å². The van der Waals surface area contributed by atoms with E-state index in [1.54, 1.807) is 6.08 Å². The van der Waals surface area contributed by atoms with E-state index in [-0.39, 0.29) is 22.1 Å². The number of ketones is 1. The monoisotopic (exact) mass is 337 g/mol. The van der Waals surface area contributed by atoms with Gasteiger partial charge in [0.15, 0.2) is 5.78 Å². The molecule has 118 valence electrons. The maximum atomic E-state index is 12.3. The molecule has 0 unspecified atom stereocenters. The van der Waals surface area contributed by atoms with Gasteiger partial charge in [0.25, 0.3) is 5.69 Å². The molecule has 0 aromatic heterocycles. The number of nitrogens with zero attached hydrogens (tertiary/aromatic N) is 1. The smallest absolute Gasteiger partial charge is 0.288 e. The fourth-order valence-electron chi connectivity index (χ4n) is 2.46.